The molecule has 5 heteroatoms. The van der Waals surface area contributed by atoms with Crippen molar-refractivity contribution in [1.82, 2.24) is 0 Å². The molecule has 17 heavy (non-hydrogen) atoms. The summed E-state index contributed by atoms with van der Waals surface area (Å²) in [6, 6.07) is 0. The van der Waals surface area contributed by atoms with E-state index in [1.807, 2.05) is 6.92 Å². The van der Waals surface area contributed by atoms with Crippen LogP contribution in [0.25, 0.3) is 0 Å². The summed E-state index contributed by atoms with van der Waals surface area (Å²) in [6.45, 7) is 8.81. The SMILES string of the molecule is CCOCCOCCOC(=O)C[S+](CC)CC. The Bertz CT molecular complexity index is 183. The molecule has 4 nitrogen and oxygen atoms in total. The number of carbonyl (C=O) groups excluding carboxylic acids is 1. The highest BCUT2D eigenvalue weighted by Gasteiger charge is 2.18. The minimum atomic E-state index is -0.106. The van der Waals surface area contributed by atoms with Crippen LogP contribution >= 0.6 is 0 Å². The van der Waals surface area contributed by atoms with E-state index in [0.29, 0.717) is 38.8 Å². The van der Waals surface area contributed by atoms with Crippen molar-refractivity contribution in [3.8, 4) is 0 Å². The predicted molar refractivity (Wildman–Crippen MR) is 71.6 cm³/mol. The van der Waals surface area contributed by atoms with Crippen molar-refractivity contribution >= 4 is 16.9 Å². The summed E-state index contributed by atoms with van der Waals surface area (Å²) in [6.07, 6.45) is 0. The van der Waals surface area contributed by atoms with E-state index in [1.165, 1.54) is 0 Å². The normalized spacial score (nSPS) is 10.8. The third kappa shape index (κ3) is 10.6. The molecule has 0 spiro atoms. The van der Waals surface area contributed by atoms with Crippen LogP contribution in [-0.4, -0.2) is 56.3 Å². The number of hydrogen-bond donors (Lipinski definition) is 0. The zero-order chi connectivity index (χ0) is 12.9. The van der Waals surface area contributed by atoms with Crippen LogP contribution < -0.4 is 0 Å². The van der Waals surface area contributed by atoms with Gasteiger partial charge in [0.05, 0.1) is 19.8 Å². The minimum absolute atomic E-state index is 0.106. The van der Waals surface area contributed by atoms with Gasteiger partial charge in [-0.15, -0.1) is 0 Å². The molecule has 0 bridgehead atoms. The molecule has 0 rings (SSSR count). The molecule has 0 aliphatic heterocycles. The smallest absolute Gasteiger partial charge is 0.356 e. The summed E-state index contributed by atoms with van der Waals surface area (Å²) >= 11 is 0. The summed E-state index contributed by atoms with van der Waals surface area (Å²) < 4.78 is 15.4. The fraction of sp³-hybridized carbons (Fsp3) is 0.917. The molecule has 0 aromatic heterocycles. The highest BCUT2D eigenvalue weighted by Crippen LogP contribution is 1.97. The Hall–Kier alpha value is -0.260. The molecule has 0 atom stereocenters. The summed E-state index contributed by atoms with van der Waals surface area (Å²) in [5.74, 6) is 2.55. The highest BCUT2D eigenvalue weighted by molar-refractivity contribution is 7.97. The first-order valence-corrected chi connectivity index (χ1v) is 7.92. The molecule has 0 aliphatic carbocycles. The first-order chi connectivity index (χ1) is 8.24. The lowest BCUT2D eigenvalue weighted by atomic mass is 10.7. The van der Waals surface area contributed by atoms with Gasteiger partial charge in [0.1, 0.15) is 18.1 Å². The second kappa shape index (κ2) is 12.2. The van der Waals surface area contributed by atoms with Crippen molar-refractivity contribution in [3.63, 3.8) is 0 Å². The van der Waals surface area contributed by atoms with Gasteiger partial charge in [0.25, 0.3) is 0 Å². The van der Waals surface area contributed by atoms with Crippen LogP contribution in [0.3, 0.4) is 0 Å². The number of rotatable bonds is 11. The van der Waals surface area contributed by atoms with Gasteiger partial charge >= 0.3 is 5.97 Å². The van der Waals surface area contributed by atoms with Crippen molar-refractivity contribution in [3.05, 3.63) is 0 Å². The summed E-state index contributed by atoms with van der Waals surface area (Å²) in [5.41, 5.74) is 0. The lowest BCUT2D eigenvalue weighted by Crippen LogP contribution is -2.23. The van der Waals surface area contributed by atoms with Crippen LogP contribution in [0, 0.1) is 0 Å². The van der Waals surface area contributed by atoms with E-state index < -0.39 is 0 Å². The predicted octanol–water partition coefficient (Wildman–Crippen LogP) is 1.24. The first-order valence-electron chi connectivity index (χ1n) is 6.19. The maximum absolute atomic E-state index is 11.4. The zero-order valence-corrected chi connectivity index (χ0v) is 12.0. The Morgan fingerprint density at radius 3 is 2.12 bits per heavy atom. The second-order valence-corrected chi connectivity index (χ2v) is 6.03. The van der Waals surface area contributed by atoms with Gasteiger partial charge in [-0.05, 0) is 31.7 Å². The minimum Gasteiger partial charge on any atom is -0.460 e. The Morgan fingerprint density at radius 2 is 1.53 bits per heavy atom. The fourth-order valence-electron chi connectivity index (χ4n) is 1.20. The molecule has 0 heterocycles. The summed E-state index contributed by atoms with van der Waals surface area (Å²) in [7, 11) is 0.185. The molecule has 0 aliphatic rings. The lowest BCUT2D eigenvalue weighted by Gasteiger charge is -2.06. The van der Waals surface area contributed by atoms with E-state index in [9.17, 15) is 4.79 Å². The van der Waals surface area contributed by atoms with E-state index in [0.717, 1.165) is 11.5 Å². The van der Waals surface area contributed by atoms with Gasteiger partial charge in [-0.1, -0.05) is 0 Å². The van der Waals surface area contributed by atoms with E-state index in [2.05, 4.69) is 13.8 Å². The van der Waals surface area contributed by atoms with Crippen molar-refractivity contribution in [2.45, 2.75) is 20.8 Å². The third-order valence-electron chi connectivity index (χ3n) is 2.21. The van der Waals surface area contributed by atoms with Crippen LogP contribution in [-0.2, 0) is 29.9 Å². The molecule has 0 amide bonds. The second-order valence-electron chi connectivity index (χ2n) is 3.36. The molecule has 0 radical (unpaired) electrons. The third-order valence-corrected chi connectivity index (χ3v) is 4.48. The van der Waals surface area contributed by atoms with Crippen molar-refractivity contribution < 1.29 is 19.0 Å². The zero-order valence-electron chi connectivity index (χ0n) is 11.2. The Labute approximate surface area is 107 Å². The van der Waals surface area contributed by atoms with E-state index in [-0.39, 0.29) is 16.9 Å². The molecule has 0 unspecified atom stereocenters. The maximum atomic E-state index is 11.4. The first kappa shape index (κ1) is 16.7. The van der Waals surface area contributed by atoms with Gasteiger partial charge in [0.15, 0.2) is 0 Å². The summed E-state index contributed by atoms with van der Waals surface area (Å²) in [4.78, 5) is 11.4. The van der Waals surface area contributed by atoms with E-state index >= 15 is 0 Å². The van der Waals surface area contributed by atoms with Crippen LogP contribution in [0.15, 0.2) is 0 Å². The van der Waals surface area contributed by atoms with Crippen molar-refractivity contribution in [1.29, 1.82) is 0 Å². The molecule has 102 valence electrons. The molecule has 0 fully saturated rings. The highest BCUT2D eigenvalue weighted by atomic mass is 32.2. The monoisotopic (exact) mass is 265 g/mol. The van der Waals surface area contributed by atoms with Gasteiger partial charge < -0.3 is 14.2 Å². The molecule has 0 N–H and O–H groups in total. The Kier molecular flexibility index (Phi) is 12.0. The molecule has 0 saturated carbocycles. The quantitative estimate of drug-likeness (QED) is 0.320. The fourth-order valence-corrected chi connectivity index (χ4v) is 2.43. The van der Waals surface area contributed by atoms with Gasteiger partial charge in [0, 0.05) is 6.61 Å². The average Bonchev–Trinajstić information content (AvgIpc) is 2.34. The Balaban J connectivity index is 3.33. The number of hydrogen-bond acceptors (Lipinski definition) is 4. The van der Waals surface area contributed by atoms with Crippen LogP contribution in [0.4, 0.5) is 0 Å². The number of ether oxygens (including phenoxy) is 3. The van der Waals surface area contributed by atoms with Gasteiger partial charge in [-0.3, -0.25) is 0 Å². The maximum Gasteiger partial charge on any atom is 0.356 e. The molecular weight excluding hydrogens is 240 g/mol. The molecule has 0 aromatic carbocycles. The van der Waals surface area contributed by atoms with Crippen LogP contribution in [0.1, 0.15) is 20.8 Å². The van der Waals surface area contributed by atoms with E-state index in [4.69, 9.17) is 14.2 Å². The van der Waals surface area contributed by atoms with Crippen LogP contribution in [0.2, 0.25) is 0 Å². The number of esters is 1. The number of carbonyl (C=O) groups is 1. The van der Waals surface area contributed by atoms with Gasteiger partial charge in [0.2, 0.25) is 5.75 Å². The van der Waals surface area contributed by atoms with Crippen molar-refractivity contribution in [2.24, 2.45) is 0 Å². The van der Waals surface area contributed by atoms with Crippen LogP contribution in [0.5, 0.6) is 0 Å². The molecule has 0 saturated heterocycles. The average molecular weight is 265 g/mol. The van der Waals surface area contributed by atoms with Gasteiger partial charge in [-0.25, -0.2) is 4.79 Å². The summed E-state index contributed by atoms with van der Waals surface area (Å²) in [5, 5.41) is 0. The van der Waals surface area contributed by atoms with Crippen molar-refractivity contribution in [2.75, 3.05) is 50.3 Å². The lowest BCUT2D eigenvalue weighted by molar-refractivity contribution is -0.142. The molecular formula is C12H25O4S+. The Morgan fingerprint density at radius 1 is 0.941 bits per heavy atom. The standard InChI is InChI=1S/C12H25O4S/c1-4-14-7-8-15-9-10-16-12(13)11-17(5-2)6-3/h4-11H2,1-3H3/q+1. The topological polar surface area (TPSA) is 44.8 Å². The largest absolute Gasteiger partial charge is 0.460 e. The van der Waals surface area contributed by atoms with Gasteiger partial charge in [-0.2, -0.15) is 0 Å². The molecule has 0 aromatic rings. The van der Waals surface area contributed by atoms with E-state index in [1.54, 1.807) is 0 Å².